The highest BCUT2D eigenvalue weighted by Crippen LogP contribution is 2.42. The molecule has 0 radical (unpaired) electrons. The van der Waals surface area contributed by atoms with Crippen LogP contribution >= 0.6 is 0 Å². The average molecular weight is 475 g/mol. The van der Waals surface area contributed by atoms with Crippen LogP contribution in [-0.2, 0) is 6.54 Å². The number of pyridine rings is 1. The lowest BCUT2D eigenvalue weighted by atomic mass is 9.83. The van der Waals surface area contributed by atoms with Gasteiger partial charge in [-0.1, -0.05) is 54.9 Å². The number of unbranched alkanes of at least 4 members (excludes halogenated alkanes) is 1. The minimum absolute atomic E-state index is 0.0290. The molecule has 0 bridgehead atoms. The zero-order valence-electron chi connectivity index (χ0n) is 22.2. The van der Waals surface area contributed by atoms with E-state index in [2.05, 4.69) is 33.0 Å². The maximum absolute atomic E-state index is 13.9. The SMILES string of the molecule is CCCCOc1c(C(NC(=O)O)C(C)(C)C)n(CC(C)(C)C)c(=O)c2ccc(OC(C)C)cc12. The first-order valence-electron chi connectivity index (χ1n) is 12.1. The highest BCUT2D eigenvalue weighted by Gasteiger charge is 2.35. The molecule has 1 aromatic heterocycles. The molecule has 1 atom stereocenters. The highest BCUT2D eigenvalue weighted by molar-refractivity contribution is 5.90. The van der Waals surface area contributed by atoms with E-state index in [-0.39, 0.29) is 17.1 Å². The van der Waals surface area contributed by atoms with Crippen molar-refractivity contribution >= 4 is 16.9 Å². The molecule has 2 N–H and O–H groups in total. The second-order valence-electron chi connectivity index (χ2n) is 11.5. The molecular formula is C27H42N2O5. The number of rotatable bonds is 9. The maximum Gasteiger partial charge on any atom is 0.405 e. The number of carbonyl (C=O) groups is 1. The third kappa shape index (κ3) is 6.90. The van der Waals surface area contributed by atoms with Gasteiger partial charge in [-0.2, -0.15) is 0 Å². The van der Waals surface area contributed by atoms with Gasteiger partial charge in [0, 0.05) is 11.9 Å². The molecule has 1 aromatic carbocycles. The summed E-state index contributed by atoms with van der Waals surface area (Å²) in [7, 11) is 0. The number of aromatic nitrogens is 1. The number of hydrogen-bond donors (Lipinski definition) is 2. The van der Waals surface area contributed by atoms with Gasteiger partial charge in [-0.3, -0.25) is 4.79 Å². The van der Waals surface area contributed by atoms with Crippen LogP contribution in [0.4, 0.5) is 4.79 Å². The van der Waals surface area contributed by atoms with E-state index in [1.165, 1.54) is 0 Å². The first kappa shape index (κ1) is 27.5. The van der Waals surface area contributed by atoms with E-state index in [9.17, 15) is 14.7 Å². The summed E-state index contributed by atoms with van der Waals surface area (Å²) < 4.78 is 14.0. The number of ether oxygens (including phenoxy) is 2. The quantitative estimate of drug-likeness (QED) is 0.412. The zero-order chi connectivity index (χ0) is 25.8. The minimum Gasteiger partial charge on any atom is -0.491 e. The number of benzene rings is 1. The largest absolute Gasteiger partial charge is 0.491 e. The van der Waals surface area contributed by atoms with Crippen LogP contribution < -0.4 is 20.3 Å². The van der Waals surface area contributed by atoms with Gasteiger partial charge >= 0.3 is 6.09 Å². The summed E-state index contributed by atoms with van der Waals surface area (Å²) >= 11 is 0. The third-order valence-corrected chi connectivity index (χ3v) is 5.39. The van der Waals surface area contributed by atoms with Crippen molar-refractivity contribution in [2.45, 2.75) is 93.8 Å². The number of fused-ring (bicyclic) bond motifs is 1. The van der Waals surface area contributed by atoms with E-state index >= 15 is 0 Å². The lowest BCUT2D eigenvalue weighted by molar-refractivity contribution is 0.169. The molecule has 190 valence electrons. The summed E-state index contributed by atoms with van der Waals surface area (Å²) in [4.78, 5) is 25.7. The van der Waals surface area contributed by atoms with Gasteiger partial charge < -0.3 is 24.5 Å². The molecule has 2 aromatic rings. The molecule has 0 aliphatic heterocycles. The van der Waals surface area contributed by atoms with Gasteiger partial charge in [-0.25, -0.2) is 4.79 Å². The van der Waals surface area contributed by atoms with Crippen molar-refractivity contribution in [1.29, 1.82) is 0 Å². The Morgan fingerprint density at radius 2 is 1.76 bits per heavy atom. The van der Waals surface area contributed by atoms with Gasteiger partial charge in [-0.05, 0) is 49.3 Å². The molecule has 0 aliphatic rings. The van der Waals surface area contributed by atoms with Crippen molar-refractivity contribution in [3.05, 3.63) is 34.2 Å². The normalized spacial score (nSPS) is 13.2. The summed E-state index contributed by atoms with van der Waals surface area (Å²) in [6.45, 7) is 18.9. The van der Waals surface area contributed by atoms with Gasteiger partial charge in [-0.15, -0.1) is 0 Å². The average Bonchev–Trinajstić information content (AvgIpc) is 2.67. The second-order valence-corrected chi connectivity index (χ2v) is 11.5. The van der Waals surface area contributed by atoms with E-state index in [1.54, 1.807) is 16.7 Å². The molecule has 1 amide bonds. The Morgan fingerprint density at radius 3 is 2.26 bits per heavy atom. The predicted molar refractivity (Wildman–Crippen MR) is 137 cm³/mol. The van der Waals surface area contributed by atoms with Gasteiger partial charge in [0.1, 0.15) is 11.5 Å². The van der Waals surface area contributed by atoms with E-state index < -0.39 is 17.6 Å². The van der Waals surface area contributed by atoms with Crippen molar-refractivity contribution in [2.75, 3.05) is 6.61 Å². The smallest absolute Gasteiger partial charge is 0.405 e. The fourth-order valence-corrected chi connectivity index (χ4v) is 3.97. The Bertz CT molecular complexity index is 1060. The molecule has 0 aliphatic carbocycles. The summed E-state index contributed by atoms with van der Waals surface area (Å²) in [5.41, 5.74) is -0.354. The van der Waals surface area contributed by atoms with Crippen LogP contribution in [0.2, 0.25) is 0 Å². The number of nitrogens with zero attached hydrogens (tertiary/aromatic N) is 1. The molecule has 7 heteroatoms. The topological polar surface area (TPSA) is 89.8 Å². The lowest BCUT2D eigenvalue weighted by Crippen LogP contribution is -2.41. The molecule has 34 heavy (non-hydrogen) atoms. The van der Waals surface area contributed by atoms with Gasteiger partial charge in [0.2, 0.25) is 0 Å². The van der Waals surface area contributed by atoms with Crippen molar-refractivity contribution in [3.63, 3.8) is 0 Å². The maximum atomic E-state index is 13.9. The van der Waals surface area contributed by atoms with Crippen molar-refractivity contribution in [3.8, 4) is 11.5 Å². The van der Waals surface area contributed by atoms with Crippen LogP contribution in [0, 0.1) is 10.8 Å². The fraction of sp³-hybridized carbons (Fsp3) is 0.630. The lowest BCUT2D eigenvalue weighted by Gasteiger charge is -2.35. The fourth-order valence-electron chi connectivity index (χ4n) is 3.97. The van der Waals surface area contributed by atoms with E-state index in [4.69, 9.17) is 9.47 Å². The van der Waals surface area contributed by atoms with Gasteiger partial charge in [0.25, 0.3) is 5.56 Å². The summed E-state index contributed by atoms with van der Waals surface area (Å²) in [5.74, 6) is 1.18. The van der Waals surface area contributed by atoms with E-state index in [0.717, 1.165) is 12.8 Å². The molecule has 0 saturated heterocycles. The standard InChI is InChI=1S/C27H42N2O5/c1-10-11-14-33-22-20-15-18(34-17(2)3)12-13-19(20)24(30)29(16-26(4,5)6)21(22)23(27(7,8)9)28-25(31)32/h12-13,15,17,23,28H,10-11,14,16H2,1-9H3,(H,31,32). The predicted octanol–water partition coefficient (Wildman–Crippen LogP) is 6.37. The molecule has 7 nitrogen and oxygen atoms in total. The Hall–Kier alpha value is -2.70. The van der Waals surface area contributed by atoms with Crippen molar-refractivity contribution < 1.29 is 19.4 Å². The molecule has 0 fully saturated rings. The Labute approximate surface area is 203 Å². The van der Waals surface area contributed by atoms with Crippen LogP contribution in [0.1, 0.15) is 86.9 Å². The monoisotopic (exact) mass is 474 g/mol. The molecule has 2 rings (SSSR count). The minimum atomic E-state index is -1.15. The van der Waals surface area contributed by atoms with Crippen LogP contribution in [-0.4, -0.2) is 28.5 Å². The van der Waals surface area contributed by atoms with Crippen molar-refractivity contribution in [2.24, 2.45) is 10.8 Å². The van der Waals surface area contributed by atoms with Crippen LogP contribution in [0.15, 0.2) is 23.0 Å². The Morgan fingerprint density at radius 1 is 1.12 bits per heavy atom. The first-order chi connectivity index (χ1) is 15.7. The number of carboxylic acid groups (broad SMARTS) is 1. The van der Waals surface area contributed by atoms with Crippen LogP contribution in [0.25, 0.3) is 10.8 Å². The van der Waals surface area contributed by atoms with Gasteiger partial charge in [0.15, 0.2) is 0 Å². The summed E-state index contributed by atoms with van der Waals surface area (Å²) in [6, 6.07) is 4.75. The summed E-state index contributed by atoms with van der Waals surface area (Å²) in [6.07, 6.45) is 0.616. The molecule has 1 heterocycles. The molecular weight excluding hydrogens is 432 g/mol. The first-order valence-corrected chi connectivity index (χ1v) is 12.1. The molecule has 0 saturated carbocycles. The van der Waals surface area contributed by atoms with Crippen molar-refractivity contribution in [1.82, 2.24) is 9.88 Å². The number of amides is 1. The van der Waals surface area contributed by atoms with Crippen LogP contribution in [0.5, 0.6) is 11.5 Å². The molecule has 0 spiro atoms. The third-order valence-electron chi connectivity index (χ3n) is 5.39. The van der Waals surface area contributed by atoms with Gasteiger partial charge in [0.05, 0.1) is 29.8 Å². The van der Waals surface area contributed by atoms with E-state index in [0.29, 0.717) is 41.1 Å². The summed E-state index contributed by atoms with van der Waals surface area (Å²) in [5, 5.41) is 13.5. The molecule has 1 unspecified atom stereocenters. The highest BCUT2D eigenvalue weighted by atomic mass is 16.5. The Balaban J connectivity index is 3.02. The number of hydrogen-bond acceptors (Lipinski definition) is 4. The zero-order valence-corrected chi connectivity index (χ0v) is 22.2. The Kier molecular flexibility index (Phi) is 8.67. The van der Waals surface area contributed by atoms with E-state index in [1.807, 2.05) is 40.7 Å². The number of nitrogens with one attached hydrogen (secondary N) is 1. The second kappa shape index (κ2) is 10.7. The van der Waals surface area contributed by atoms with Crippen LogP contribution in [0.3, 0.4) is 0 Å².